The van der Waals surface area contributed by atoms with Gasteiger partial charge in [-0.3, -0.25) is 0 Å². The van der Waals surface area contributed by atoms with Crippen molar-refractivity contribution in [3.8, 4) is 0 Å². The first-order valence-corrected chi connectivity index (χ1v) is 2.68. The predicted octanol–water partition coefficient (Wildman–Crippen LogP) is 1.13. The molecule has 0 saturated heterocycles. The topological polar surface area (TPSA) is 0 Å². The fraction of sp³-hybridized carbons (Fsp3) is 1.00. The zero-order chi connectivity index (χ0) is 3.70. The summed E-state index contributed by atoms with van der Waals surface area (Å²) >= 11 is 0. The van der Waals surface area contributed by atoms with E-state index in [-0.39, 0.29) is 0 Å². The van der Waals surface area contributed by atoms with Crippen molar-refractivity contribution >= 4 is 10.2 Å². The van der Waals surface area contributed by atoms with Crippen molar-refractivity contribution in [3.63, 3.8) is 0 Å². The number of rotatable bonds is 0. The third kappa shape index (κ3) is 0.536. The molecule has 0 nitrogen and oxygen atoms in total. The molecule has 0 aromatic carbocycles. The van der Waals surface area contributed by atoms with Crippen molar-refractivity contribution in [1.29, 1.82) is 0 Å². The minimum Gasteiger partial charge on any atom is -0.0535 e. The van der Waals surface area contributed by atoms with Crippen LogP contribution in [-0.4, -0.2) is 10.2 Å². The predicted molar refractivity (Wildman–Crippen MR) is 23.4 cm³/mol. The Morgan fingerprint density at radius 2 is 1.80 bits per heavy atom. The summed E-state index contributed by atoms with van der Waals surface area (Å²) in [4.78, 5) is 0. The molecule has 0 amide bonds. The fourth-order valence-electron chi connectivity index (χ4n) is 0.408. The van der Waals surface area contributed by atoms with E-state index in [1.807, 2.05) is 0 Å². The standard InChI is InChI=1S/C4H7Si/c5-4-2-1-3-4/h4H,1-3H2. The minimum atomic E-state index is 0.870. The molecule has 1 fully saturated rings. The smallest absolute Gasteiger partial charge is 0.0266 e. The molecule has 1 aliphatic carbocycles. The molecular formula is C4H7Si. The van der Waals surface area contributed by atoms with Gasteiger partial charge < -0.3 is 0 Å². The van der Waals surface area contributed by atoms with E-state index in [1.54, 1.807) is 0 Å². The second-order valence-electron chi connectivity index (χ2n) is 1.63. The summed E-state index contributed by atoms with van der Waals surface area (Å²) in [5.74, 6) is 0. The van der Waals surface area contributed by atoms with Crippen LogP contribution in [0.1, 0.15) is 19.3 Å². The van der Waals surface area contributed by atoms with Crippen LogP contribution in [0.25, 0.3) is 0 Å². The first-order chi connectivity index (χ1) is 2.39. The lowest BCUT2D eigenvalue weighted by molar-refractivity contribution is 0.504. The molecule has 0 N–H and O–H groups in total. The van der Waals surface area contributed by atoms with Crippen LogP contribution < -0.4 is 0 Å². The average Bonchev–Trinajstić information content (AvgIpc) is 1.30. The lowest BCUT2D eigenvalue weighted by Gasteiger charge is -2.18. The highest BCUT2D eigenvalue weighted by molar-refractivity contribution is 6.12. The zero-order valence-electron chi connectivity index (χ0n) is 3.20. The Kier molecular flexibility index (Phi) is 0.770. The Morgan fingerprint density at radius 1 is 1.40 bits per heavy atom. The Balaban J connectivity index is 2.08. The van der Waals surface area contributed by atoms with Gasteiger partial charge in [-0.1, -0.05) is 24.8 Å². The SMILES string of the molecule is [Si]C1CCC1. The van der Waals surface area contributed by atoms with Gasteiger partial charge in [0, 0.05) is 10.2 Å². The van der Waals surface area contributed by atoms with Crippen molar-refractivity contribution in [2.24, 2.45) is 0 Å². The molecule has 27 valence electrons. The lowest BCUT2D eigenvalue weighted by atomic mass is 10.00. The van der Waals surface area contributed by atoms with Crippen molar-refractivity contribution < 1.29 is 0 Å². The van der Waals surface area contributed by atoms with E-state index in [0.717, 1.165) is 5.54 Å². The van der Waals surface area contributed by atoms with Crippen molar-refractivity contribution in [1.82, 2.24) is 0 Å². The largest absolute Gasteiger partial charge is 0.0535 e. The van der Waals surface area contributed by atoms with Crippen LogP contribution in [0.3, 0.4) is 0 Å². The maximum Gasteiger partial charge on any atom is 0.0266 e. The quantitative estimate of drug-likeness (QED) is 0.385. The van der Waals surface area contributed by atoms with Crippen LogP contribution >= 0.6 is 0 Å². The van der Waals surface area contributed by atoms with Gasteiger partial charge >= 0.3 is 0 Å². The van der Waals surface area contributed by atoms with Gasteiger partial charge in [0.05, 0.1) is 0 Å². The second-order valence-corrected chi connectivity index (χ2v) is 2.44. The van der Waals surface area contributed by atoms with Gasteiger partial charge in [0.15, 0.2) is 0 Å². The van der Waals surface area contributed by atoms with Gasteiger partial charge in [-0.05, 0) is 0 Å². The second kappa shape index (κ2) is 1.13. The molecule has 1 saturated carbocycles. The summed E-state index contributed by atoms with van der Waals surface area (Å²) in [6.45, 7) is 0. The van der Waals surface area contributed by atoms with Gasteiger partial charge in [-0.15, -0.1) is 0 Å². The molecule has 1 heteroatoms. The summed E-state index contributed by atoms with van der Waals surface area (Å²) in [5.41, 5.74) is 0.870. The molecule has 0 aromatic rings. The molecule has 3 radical (unpaired) electrons. The summed E-state index contributed by atoms with van der Waals surface area (Å²) in [6.07, 6.45) is 4.24. The van der Waals surface area contributed by atoms with Crippen LogP contribution in [0.15, 0.2) is 0 Å². The Morgan fingerprint density at radius 3 is 1.80 bits per heavy atom. The molecular weight excluding hydrogens is 76.1 g/mol. The zero-order valence-corrected chi connectivity index (χ0v) is 4.20. The maximum absolute atomic E-state index is 3.50. The molecule has 1 aliphatic rings. The number of hydrogen-bond acceptors (Lipinski definition) is 0. The highest BCUT2D eigenvalue weighted by Gasteiger charge is 2.09. The maximum atomic E-state index is 3.50. The third-order valence-corrected chi connectivity index (χ3v) is 1.68. The van der Waals surface area contributed by atoms with Crippen LogP contribution in [0.4, 0.5) is 0 Å². The van der Waals surface area contributed by atoms with Gasteiger partial charge in [-0.2, -0.15) is 0 Å². The van der Waals surface area contributed by atoms with E-state index in [0.29, 0.717) is 0 Å². The summed E-state index contributed by atoms with van der Waals surface area (Å²) in [5, 5.41) is 0. The van der Waals surface area contributed by atoms with Crippen LogP contribution in [0.2, 0.25) is 5.54 Å². The Bertz CT molecular complexity index is 30.6. The fourth-order valence-corrected chi connectivity index (χ4v) is 0.816. The van der Waals surface area contributed by atoms with Crippen LogP contribution in [0.5, 0.6) is 0 Å². The first-order valence-electron chi connectivity index (χ1n) is 2.11. The van der Waals surface area contributed by atoms with E-state index in [1.165, 1.54) is 19.3 Å². The van der Waals surface area contributed by atoms with E-state index >= 15 is 0 Å². The molecule has 0 heterocycles. The summed E-state index contributed by atoms with van der Waals surface area (Å²) in [7, 11) is 3.50. The average molecular weight is 83.2 g/mol. The molecule has 0 aliphatic heterocycles. The number of hydrogen-bond donors (Lipinski definition) is 0. The summed E-state index contributed by atoms with van der Waals surface area (Å²) in [6, 6.07) is 0. The molecule has 1 rings (SSSR count). The van der Waals surface area contributed by atoms with Gasteiger partial charge in [0.1, 0.15) is 0 Å². The summed E-state index contributed by atoms with van der Waals surface area (Å²) < 4.78 is 0. The van der Waals surface area contributed by atoms with Crippen molar-refractivity contribution in [2.45, 2.75) is 24.8 Å². The van der Waals surface area contributed by atoms with E-state index in [4.69, 9.17) is 0 Å². The third-order valence-electron chi connectivity index (χ3n) is 1.11. The monoisotopic (exact) mass is 83.0 g/mol. The van der Waals surface area contributed by atoms with Crippen LogP contribution in [-0.2, 0) is 0 Å². The van der Waals surface area contributed by atoms with Gasteiger partial charge in [0.25, 0.3) is 0 Å². The van der Waals surface area contributed by atoms with Crippen LogP contribution in [0, 0.1) is 0 Å². The van der Waals surface area contributed by atoms with Crippen molar-refractivity contribution in [2.75, 3.05) is 0 Å². The van der Waals surface area contributed by atoms with E-state index in [2.05, 4.69) is 10.2 Å². The van der Waals surface area contributed by atoms with Gasteiger partial charge in [0.2, 0.25) is 0 Å². The normalized spacial score (nSPS) is 25.8. The molecule has 0 aromatic heterocycles. The molecule has 0 spiro atoms. The lowest BCUT2D eigenvalue weighted by Crippen LogP contribution is -2.02. The minimum absolute atomic E-state index is 0.870. The Hall–Kier alpha value is 0.217. The Labute approximate surface area is 36.0 Å². The molecule has 5 heavy (non-hydrogen) atoms. The first kappa shape index (κ1) is 3.41. The van der Waals surface area contributed by atoms with Gasteiger partial charge in [-0.25, -0.2) is 0 Å². The van der Waals surface area contributed by atoms with Crippen molar-refractivity contribution in [3.05, 3.63) is 0 Å². The molecule has 0 atom stereocenters. The molecule has 0 unspecified atom stereocenters. The molecule has 0 bridgehead atoms. The van der Waals surface area contributed by atoms with E-state index < -0.39 is 0 Å². The highest BCUT2D eigenvalue weighted by atomic mass is 28.1. The highest BCUT2D eigenvalue weighted by Crippen LogP contribution is 2.27. The van der Waals surface area contributed by atoms with E-state index in [9.17, 15) is 0 Å².